The van der Waals surface area contributed by atoms with E-state index in [1.54, 1.807) is 0 Å². The fourth-order valence-corrected chi connectivity index (χ4v) is 0.642. The maximum Gasteiger partial charge on any atom is 3.00 e. The van der Waals surface area contributed by atoms with Crippen LogP contribution in [-0.4, -0.2) is 0 Å². The minimum Gasteiger partial charge on any atom is -0.358 e. The van der Waals surface area contributed by atoms with Gasteiger partial charge in [0.1, 0.15) is 0 Å². The minimum atomic E-state index is 0. The molecule has 2 aromatic carbocycles. The quantitative estimate of drug-likeness (QED) is 0.453. The fraction of sp³-hybridized carbons (Fsp3) is 0. The van der Waals surface area contributed by atoms with Crippen LogP contribution in [0.2, 0.25) is 0 Å². The Hall–Kier alpha value is -0.781. The second-order valence-electron chi connectivity index (χ2n) is 1.92. The molecule has 0 aliphatic carbocycles. The summed E-state index contributed by atoms with van der Waals surface area (Å²) in [6.07, 6.45) is 0. The normalized spacial score (nSPS) is 6.67. The van der Waals surface area contributed by atoms with E-state index in [9.17, 15) is 0 Å². The molecule has 0 aromatic heterocycles. The molecule has 0 saturated carbocycles. The Morgan fingerprint density at radius 2 is 0.833 bits per heavy atom. The molecule has 0 bridgehead atoms. The molecular formula is C11H13Fe. The van der Waals surface area contributed by atoms with Gasteiger partial charge in [-0.3, -0.25) is 0 Å². The molecule has 0 spiro atoms. The van der Waals surface area contributed by atoms with Crippen molar-refractivity contribution < 1.29 is 17.1 Å². The van der Waals surface area contributed by atoms with Crippen molar-refractivity contribution >= 4 is 0 Å². The molecule has 0 atom stereocenters. The monoisotopic (exact) mass is 201 g/mol. The van der Waals surface area contributed by atoms with Gasteiger partial charge in [0.2, 0.25) is 0 Å². The first-order valence-corrected chi connectivity index (χ1v) is 3.33. The second-order valence-corrected chi connectivity index (χ2v) is 1.92. The smallest absolute Gasteiger partial charge is 0.358 e. The van der Waals surface area contributed by atoms with Gasteiger partial charge in [0, 0.05) is 0 Å². The molecule has 2 rings (SSSR count). The fourth-order valence-electron chi connectivity index (χ4n) is 0.642. The summed E-state index contributed by atoms with van der Waals surface area (Å²) in [5, 5.41) is 0. The van der Waals surface area contributed by atoms with Crippen LogP contribution >= 0.6 is 0 Å². The zero-order chi connectivity index (χ0) is 7.07. The molecule has 1 heteroatoms. The van der Waals surface area contributed by atoms with E-state index in [4.69, 9.17) is 0 Å². The van der Waals surface area contributed by atoms with Crippen LogP contribution in [0.4, 0.5) is 0 Å². The van der Waals surface area contributed by atoms with E-state index in [-0.39, 0.29) is 24.5 Å². The van der Waals surface area contributed by atoms with Crippen molar-refractivity contribution in [3.05, 3.63) is 68.1 Å². The molecule has 0 unspecified atom stereocenters. The van der Waals surface area contributed by atoms with Crippen LogP contribution in [0.1, 0.15) is 0 Å². The van der Waals surface area contributed by atoms with Gasteiger partial charge < -0.3 is 7.43 Å². The molecule has 2 aromatic rings. The van der Waals surface area contributed by atoms with Gasteiger partial charge in [0.05, 0.1) is 0 Å². The Labute approximate surface area is 85.4 Å². The van der Waals surface area contributed by atoms with Crippen molar-refractivity contribution in [1.29, 1.82) is 0 Å². The zero-order valence-corrected chi connectivity index (χ0v) is 8.23. The Morgan fingerprint density at radius 3 is 0.917 bits per heavy atom. The second kappa shape index (κ2) is 10.2. The largest absolute Gasteiger partial charge is 3.00 e. The Bertz CT molecular complexity index is 144. The van der Waals surface area contributed by atoms with Crippen LogP contribution in [0.25, 0.3) is 0 Å². The molecule has 12 heavy (non-hydrogen) atoms. The molecule has 0 aliphatic rings. The summed E-state index contributed by atoms with van der Waals surface area (Å²) in [6, 6.07) is 20.0. The topological polar surface area (TPSA) is 0 Å². The van der Waals surface area contributed by atoms with Gasteiger partial charge in [-0.25, -0.2) is 24.3 Å². The molecule has 65 valence electrons. The van der Waals surface area contributed by atoms with E-state index in [1.807, 2.05) is 60.7 Å². The standard InChI is InChI=1S/2C5H5.CH3.Fe/c2*1-2-4-5-3-1;;/h2*1-5H;1H3;/q3*-1;+3. The van der Waals surface area contributed by atoms with Crippen LogP contribution in [0, 0.1) is 7.43 Å². The van der Waals surface area contributed by atoms with Crippen molar-refractivity contribution in [1.82, 2.24) is 0 Å². The van der Waals surface area contributed by atoms with E-state index in [2.05, 4.69) is 0 Å². The third-order valence-corrected chi connectivity index (χ3v) is 1.11. The summed E-state index contributed by atoms with van der Waals surface area (Å²) in [5.41, 5.74) is 0. The summed E-state index contributed by atoms with van der Waals surface area (Å²) in [5.74, 6) is 0. The number of rotatable bonds is 0. The molecule has 0 nitrogen and oxygen atoms in total. The van der Waals surface area contributed by atoms with Gasteiger partial charge in [-0.2, -0.15) is 36.4 Å². The first kappa shape index (κ1) is 13.8. The molecule has 0 heterocycles. The van der Waals surface area contributed by atoms with Crippen LogP contribution in [0.3, 0.4) is 0 Å². The number of hydrogen-bond donors (Lipinski definition) is 0. The Morgan fingerprint density at radius 1 is 0.583 bits per heavy atom. The van der Waals surface area contributed by atoms with Crippen molar-refractivity contribution in [3.63, 3.8) is 0 Å². The van der Waals surface area contributed by atoms with Gasteiger partial charge in [0.15, 0.2) is 0 Å². The molecule has 1 radical (unpaired) electrons. The molecule has 0 amide bonds. The first-order valence-electron chi connectivity index (χ1n) is 3.33. The average Bonchev–Trinajstić information content (AvgIpc) is 2.67. The van der Waals surface area contributed by atoms with Gasteiger partial charge >= 0.3 is 17.1 Å². The molecule has 0 saturated heterocycles. The van der Waals surface area contributed by atoms with Crippen molar-refractivity contribution in [2.45, 2.75) is 0 Å². The van der Waals surface area contributed by atoms with Gasteiger partial charge in [0.25, 0.3) is 0 Å². The van der Waals surface area contributed by atoms with Gasteiger partial charge in [-0.05, 0) is 0 Å². The third-order valence-electron chi connectivity index (χ3n) is 1.11. The summed E-state index contributed by atoms with van der Waals surface area (Å²) in [6.45, 7) is 0. The van der Waals surface area contributed by atoms with Crippen molar-refractivity contribution in [2.24, 2.45) is 0 Å². The van der Waals surface area contributed by atoms with Gasteiger partial charge in [-0.15, -0.1) is 0 Å². The summed E-state index contributed by atoms with van der Waals surface area (Å²) < 4.78 is 0. The summed E-state index contributed by atoms with van der Waals surface area (Å²) in [4.78, 5) is 0. The maximum absolute atomic E-state index is 2.00. The SMILES string of the molecule is [CH3-].[Fe+3].c1cc[cH-]c1.c1cc[cH-]c1. The number of hydrogen-bond acceptors (Lipinski definition) is 0. The van der Waals surface area contributed by atoms with Crippen molar-refractivity contribution in [2.75, 3.05) is 0 Å². The van der Waals surface area contributed by atoms with E-state index >= 15 is 0 Å². The zero-order valence-electron chi connectivity index (χ0n) is 7.13. The van der Waals surface area contributed by atoms with E-state index < -0.39 is 0 Å². The van der Waals surface area contributed by atoms with E-state index in [0.29, 0.717) is 0 Å². The van der Waals surface area contributed by atoms with E-state index in [1.165, 1.54) is 0 Å². The van der Waals surface area contributed by atoms with Crippen LogP contribution < -0.4 is 0 Å². The van der Waals surface area contributed by atoms with Crippen LogP contribution in [-0.2, 0) is 17.1 Å². The predicted molar refractivity (Wildman–Crippen MR) is 50.5 cm³/mol. The molecule has 0 fully saturated rings. The Balaban J connectivity index is 0. The Kier molecular flexibility index (Phi) is 11.7. The van der Waals surface area contributed by atoms with Crippen molar-refractivity contribution in [3.8, 4) is 0 Å². The van der Waals surface area contributed by atoms with E-state index in [0.717, 1.165) is 0 Å². The van der Waals surface area contributed by atoms with Crippen LogP contribution in [0.5, 0.6) is 0 Å². The van der Waals surface area contributed by atoms with Crippen LogP contribution in [0.15, 0.2) is 60.7 Å². The summed E-state index contributed by atoms with van der Waals surface area (Å²) in [7, 11) is 0. The average molecular weight is 201 g/mol. The molecule has 0 N–H and O–H groups in total. The van der Waals surface area contributed by atoms with Gasteiger partial charge in [-0.1, -0.05) is 0 Å². The maximum atomic E-state index is 2.00. The summed E-state index contributed by atoms with van der Waals surface area (Å²) >= 11 is 0. The molecular weight excluding hydrogens is 188 g/mol. The first-order chi connectivity index (χ1) is 5.00. The molecule has 0 aliphatic heterocycles. The minimum absolute atomic E-state index is 0. The predicted octanol–water partition coefficient (Wildman–Crippen LogP) is 3.26. The third kappa shape index (κ3) is 7.33.